The summed E-state index contributed by atoms with van der Waals surface area (Å²) in [6.07, 6.45) is 1.20. The van der Waals surface area contributed by atoms with Crippen LogP contribution >= 0.6 is 0 Å². The molecule has 1 aromatic carbocycles. The maximum Gasteiger partial charge on any atom is 0.289 e. The summed E-state index contributed by atoms with van der Waals surface area (Å²) in [7, 11) is 0. The molecule has 1 fully saturated rings. The molecule has 1 N–H and O–H groups in total. The maximum atomic E-state index is 13.1. The molecule has 0 unspecified atom stereocenters. The smallest absolute Gasteiger partial charge is 0.289 e. The van der Waals surface area contributed by atoms with Gasteiger partial charge in [-0.3, -0.25) is 19.5 Å². The molecule has 9 nitrogen and oxygen atoms in total. The number of amides is 2. The number of fused-ring (bicyclic) bond motifs is 3. The zero-order valence-corrected chi connectivity index (χ0v) is 18.3. The van der Waals surface area contributed by atoms with Gasteiger partial charge in [0.25, 0.3) is 5.91 Å². The summed E-state index contributed by atoms with van der Waals surface area (Å²) in [5, 5.41) is 11.2. The zero-order chi connectivity index (χ0) is 23.7. The largest absolute Gasteiger partial charge is 0.345 e. The minimum Gasteiger partial charge on any atom is -0.345 e. The minimum atomic E-state index is -0.441. The van der Waals surface area contributed by atoms with E-state index in [1.807, 2.05) is 0 Å². The maximum absolute atomic E-state index is 13.1. The summed E-state index contributed by atoms with van der Waals surface area (Å²) in [6, 6.07) is 8.55. The van der Waals surface area contributed by atoms with Gasteiger partial charge < -0.3 is 14.8 Å². The van der Waals surface area contributed by atoms with Crippen LogP contribution in [-0.4, -0.2) is 67.5 Å². The molecule has 34 heavy (non-hydrogen) atoms. The van der Waals surface area contributed by atoms with Gasteiger partial charge in [-0.1, -0.05) is 12.1 Å². The van der Waals surface area contributed by atoms with Crippen LogP contribution in [0.25, 0.3) is 0 Å². The van der Waals surface area contributed by atoms with Crippen LogP contribution in [0.1, 0.15) is 33.7 Å². The summed E-state index contributed by atoms with van der Waals surface area (Å²) < 4.78 is 28.0. The molecule has 176 valence electrons. The van der Waals surface area contributed by atoms with Gasteiger partial charge >= 0.3 is 0 Å². The first-order valence-corrected chi connectivity index (χ1v) is 11.1. The summed E-state index contributed by atoms with van der Waals surface area (Å²) in [4.78, 5) is 33.6. The number of carbonyl (C=O) groups is 2. The lowest BCUT2D eigenvalue weighted by Gasteiger charge is -2.43. The Labute approximate surface area is 194 Å². The van der Waals surface area contributed by atoms with E-state index in [9.17, 15) is 18.4 Å². The second-order valence-corrected chi connectivity index (χ2v) is 8.38. The first-order chi connectivity index (χ1) is 16.5. The first kappa shape index (κ1) is 22.1. The van der Waals surface area contributed by atoms with Crippen molar-refractivity contribution in [3.63, 3.8) is 0 Å². The minimum absolute atomic E-state index is 0.0901. The van der Waals surface area contributed by atoms with Crippen molar-refractivity contribution in [1.29, 1.82) is 0 Å². The highest BCUT2D eigenvalue weighted by molar-refractivity contribution is 5.90. The van der Waals surface area contributed by atoms with Gasteiger partial charge in [-0.25, -0.2) is 8.78 Å². The fourth-order valence-electron chi connectivity index (χ4n) is 4.38. The highest BCUT2D eigenvalue weighted by Crippen LogP contribution is 2.28. The third kappa shape index (κ3) is 4.51. The highest BCUT2D eigenvalue weighted by atomic mass is 19.1. The molecule has 11 heteroatoms. The Kier molecular flexibility index (Phi) is 6.01. The number of benzene rings is 1. The van der Waals surface area contributed by atoms with Crippen molar-refractivity contribution < 1.29 is 18.4 Å². The number of aromatic nitrogens is 4. The Morgan fingerprint density at radius 2 is 1.74 bits per heavy atom. The lowest BCUT2D eigenvalue weighted by atomic mass is 10.1. The van der Waals surface area contributed by atoms with Crippen LogP contribution in [0.2, 0.25) is 0 Å². The number of hydrogen-bond acceptors (Lipinski definition) is 6. The van der Waals surface area contributed by atoms with Crippen molar-refractivity contribution in [1.82, 2.24) is 34.9 Å². The fraction of sp³-hybridized carbons (Fsp3) is 0.348. The summed E-state index contributed by atoms with van der Waals surface area (Å²) in [5.74, 6) is -0.356. The first-order valence-electron chi connectivity index (χ1n) is 11.1. The van der Waals surface area contributed by atoms with Crippen molar-refractivity contribution in [3.8, 4) is 0 Å². The fourth-order valence-corrected chi connectivity index (χ4v) is 4.38. The summed E-state index contributed by atoms with van der Waals surface area (Å²) in [5.41, 5.74) is 1.29. The lowest BCUT2D eigenvalue weighted by molar-refractivity contribution is -0.134. The topological polar surface area (TPSA) is 96.3 Å². The third-order valence-electron chi connectivity index (χ3n) is 6.22. The number of nitrogens with one attached hydrogen (secondary N) is 1. The molecule has 0 saturated carbocycles. The SMILES string of the molecule is O=C(NCc1ccc(F)cc1)c1nnc2n1CCN1CCN(C(=O)Cc3ccc(F)cn3)C[C@H]21. The molecule has 0 aliphatic carbocycles. The van der Waals surface area contributed by atoms with E-state index in [0.717, 1.165) is 18.3 Å². The molecule has 2 amide bonds. The number of hydrogen-bond donors (Lipinski definition) is 1. The van der Waals surface area contributed by atoms with Gasteiger partial charge in [0.1, 0.15) is 11.6 Å². The normalized spacial score (nSPS) is 17.7. The predicted molar refractivity (Wildman–Crippen MR) is 116 cm³/mol. The van der Waals surface area contributed by atoms with E-state index in [2.05, 4.69) is 25.4 Å². The molecular formula is C23H23F2N7O2. The van der Waals surface area contributed by atoms with Gasteiger partial charge in [-0.15, -0.1) is 10.2 Å². The van der Waals surface area contributed by atoms with E-state index in [1.54, 1.807) is 21.6 Å². The van der Waals surface area contributed by atoms with E-state index >= 15 is 0 Å². The van der Waals surface area contributed by atoms with Crippen molar-refractivity contribution in [2.45, 2.75) is 25.6 Å². The van der Waals surface area contributed by atoms with Gasteiger partial charge in [0.15, 0.2) is 5.82 Å². The number of halogens is 2. The Balaban J connectivity index is 1.26. The molecule has 2 aromatic heterocycles. The quantitative estimate of drug-likeness (QED) is 0.608. The van der Waals surface area contributed by atoms with E-state index in [4.69, 9.17) is 0 Å². The number of rotatable bonds is 5. The molecule has 0 radical (unpaired) electrons. The molecule has 2 aliphatic rings. The van der Waals surface area contributed by atoms with Gasteiger partial charge in [0.05, 0.1) is 18.7 Å². The van der Waals surface area contributed by atoms with Crippen LogP contribution in [-0.2, 0) is 24.3 Å². The average molecular weight is 467 g/mol. The number of piperazine rings is 1. The predicted octanol–water partition coefficient (Wildman–Crippen LogP) is 1.32. The molecule has 4 heterocycles. The van der Waals surface area contributed by atoms with Gasteiger partial charge in [0, 0.05) is 45.0 Å². The van der Waals surface area contributed by atoms with Gasteiger partial charge in [-0.05, 0) is 29.8 Å². The monoisotopic (exact) mass is 467 g/mol. The lowest BCUT2D eigenvalue weighted by Crippen LogP contribution is -2.54. The molecular weight excluding hydrogens is 444 g/mol. The molecule has 1 saturated heterocycles. The molecule has 0 spiro atoms. The van der Waals surface area contributed by atoms with Crippen molar-refractivity contribution in [3.05, 3.63) is 77.1 Å². The molecule has 2 aliphatic heterocycles. The number of carbonyl (C=O) groups excluding carboxylic acids is 2. The number of nitrogens with zero attached hydrogens (tertiary/aromatic N) is 6. The Hall–Kier alpha value is -3.73. The van der Waals surface area contributed by atoms with E-state index < -0.39 is 5.82 Å². The Morgan fingerprint density at radius 1 is 0.971 bits per heavy atom. The second-order valence-electron chi connectivity index (χ2n) is 8.38. The Bertz CT molecular complexity index is 1200. The van der Waals surface area contributed by atoms with Crippen molar-refractivity contribution >= 4 is 11.8 Å². The molecule has 5 rings (SSSR count). The van der Waals surface area contributed by atoms with Crippen LogP contribution < -0.4 is 5.32 Å². The molecule has 0 bridgehead atoms. The van der Waals surface area contributed by atoms with Crippen molar-refractivity contribution in [2.24, 2.45) is 0 Å². The zero-order valence-electron chi connectivity index (χ0n) is 18.3. The van der Waals surface area contributed by atoms with Crippen molar-refractivity contribution in [2.75, 3.05) is 26.2 Å². The second kappa shape index (κ2) is 9.26. The standard InChI is InChI=1S/C23H23F2N7O2/c24-16-3-1-15(2-4-16)12-27-23(34)22-29-28-21-19-14-31(8-7-30(19)9-10-32(21)22)20(33)11-18-6-5-17(25)13-26-18/h1-6,13,19H,7-12,14H2,(H,27,34)/t19-/m1/s1. The summed E-state index contributed by atoms with van der Waals surface area (Å²) in [6.45, 7) is 3.23. The van der Waals surface area contributed by atoms with E-state index in [1.165, 1.54) is 24.3 Å². The Morgan fingerprint density at radius 3 is 2.50 bits per heavy atom. The van der Waals surface area contributed by atoms with Crippen LogP contribution in [0.5, 0.6) is 0 Å². The van der Waals surface area contributed by atoms with Crippen LogP contribution in [0.4, 0.5) is 8.78 Å². The van der Waals surface area contributed by atoms with E-state index in [0.29, 0.717) is 37.7 Å². The average Bonchev–Trinajstić information content (AvgIpc) is 3.29. The highest BCUT2D eigenvalue weighted by Gasteiger charge is 2.38. The van der Waals surface area contributed by atoms with Gasteiger partial charge in [0.2, 0.25) is 11.7 Å². The van der Waals surface area contributed by atoms with Crippen LogP contribution in [0.3, 0.4) is 0 Å². The molecule has 1 atom stereocenters. The molecule has 3 aromatic rings. The van der Waals surface area contributed by atoms with Crippen LogP contribution in [0, 0.1) is 11.6 Å². The van der Waals surface area contributed by atoms with E-state index in [-0.39, 0.29) is 42.5 Å². The third-order valence-corrected chi connectivity index (χ3v) is 6.22. The number of pyridine rings is 1. The van der Waals surface area contributed by atoms with Crippen LogP contribution in [0.15, 0.2) is 42.6 Å². The van der Waals surface area contributed by atoms with Gasteiger partial charge in [-0.2, -0.15) is 0 Å². The summed E-state index contributed by atoms with van der Waals surface area (Å²) >= 11 is 0.